The van der Waals surface area contributed by atoms with Crippen molar-refractivity contribution >= 4 is 11.6 Å². The molecule has 2 fully saturated rings. The van der Waals surface area contributed by atoms with Crippen molar-refractivity contribution in [3.63, 3.8) is 0 Å². The van der Waals surface area contributed by atoms with Gasteiger partial charge >= 0.3 is 0 Å². The van der Waals surface area contributed by atoms with Crippen LogP contribution in [-0.2, 0) is 4.74 Å². The number of fused-ring (bicyclic) bond motifs is 1. The van der Waals surface area contributed by atoms with Crippen LogP contribution in [0, 0.1) is 17.3 Å². The lowest BCUT2D eigenvalue weighted by atomic mass is 9.81. The molecule has 14 heavy (non-hydrogen) atoms. The van der Waals surface area contributed by atoms with E-state index in [1.807, 2.05) is 0 Å². The molecule has 0 aromatic heterocycles. The highest BCUT2D eigenvalue weighted by atomic mass is 35.5. The van der Waals surface area contributed by atoms with Gasteiger partial charge in [-0.15, -0.1) is 11.6 Å². The molecule has 0 aliphatic heterocycles. The highest BCUT2D eigenvalue weighted by Crippen LogP contribution is 2.61. The molecular weight excluding hydrogens is 196 g/mol. The van der Waals surface area contributed by atoms with Gasteiger partial charge in [0.15, 0.2) is 0 Å². The van der Waals surface area contributed by atoms with Crippen LogP contribution >= 0.6 is 11.6 Å². The number of rotatable bonds is 6. The van der Waals surface area contributed by atoms with E-state index in [1.165, 1.54) is 32.1 Å². The minimum Gasteiger partial charge on any atom is -0.382 e. The Labute approximate surface area is 92.2 Å². The van der Waals surface area contributed by atoms with E-state index in [-0.39, 0.29) is 0 Å². The van der Waals surface area contributed by atoms with Gasteiger partial charge < -0.3 is 4.74 Å². The van der Waals surface area contributed by atoms with Crippen LogP contribution in [0.15, 0.2) is 0 Å². The highest BCUT2D eigenvalue weighted by Gasteiger charge is 2.52. The van der Waals surface area contributed by atoms with Crippen molar-refractivity contribution in [2.75, 3.05) is 19.1 Å². The average Bonchev–Trinajstić information content (AvgIpc) is 2.82. The van der Waals surface area contributed by atoms with E-state index in [4.69, 9.17) is 16.3 Å². The molecule has 0 aromatic carbocycles. The molecule has 0 N–H and O–H groups in total. The molecule has 2 atom stereocenters. The Morgan fingerprint density at radius 1 is 1.36 bits per heavy atom. The minimum absolute atomic E-state index is 0.492. The second-order valence-corrected chi connectivity index (χ2v) is 5.37. The first-order chi connectivity index (χ1) is 6.79. The first-order valence-electron chi connectivity index (χ1n) is 5.93. The number of hydrogen-bond donors (Lipinski definition) is 0. The SMILES string of the molecule is CCOCCCC1(CCl)CC2CC2C1. The molecule has 0 bridgehead atoms. The maximum Gasteiger partial charge on any atom is 0.0466 e. The molecule has 2 heteroatoms. The molecule has 2 unspecified atom stereocenters. The van der Waals surface area contributed by atoms with Crippen LogP contribution in [0.3, 0.4) is 0 Å². The van der Waals surface area contributed by atoms with Crippen LogP contribution in [-0.4, -0.2) is 19.1 Å². The fourth-order valence-corrected chi connectivity index (χ4v) is 3.43. The van der Waals surface area contributed by atoms with Crippen molar-refractivity contribution in [2.45, 2.75) is 39.0 Å². The van der Waals surface area contributed by atoms with E-state index >= 15 is 0 Å². The highest BCUT2D eigenvalue weighted by molar-refractivity contribution is 6.18. The molecule has 82 valence electrons. The van der Waals surface area contributed by atoms with Gasteiger partial charge in [-0.3, -0.25) is 0 Å². The lowest BCUT2D eigenvalue weighted by Gasteiger charge is -2.28. The van der Waals surface area contributed by atoms with E-state index in [2.05, 4.69) is 6.92 Å². The Bertz CT molecular complexity index is 183. The summed E-state index contributed by atoms with van der Waals surface area (Å²) in [4.78, 5) is 0. The minimum atomic E-state index is 0.492. The zero-order chi connectivity index (χ0) is 10.0. The van der Waals surface area contributed by atoms with Crippen LogP contribution in [0.1, 0.15) is 39.0 Å². The third-order valence-corrected chi connectivity index (χ3v) is 4.51. The van der Waals surface area contributed by atoms with Crippen LogP contribution < -0.4 is 0 Å². The van der Waals surface area contributed by atoms with Crippen molar-refractivity contribution in [3.8, 4) is 0 Å². The van der Waals surface area contributed by atoms with Crippen LogP contribution in [0.25, 0.3) is 0 Å². The Morgan fingerprint density at radius 3 is 2.64 bits per heavy atom. The van der Waals surface area contributed by atoms with E-state index in [0.29, 0.717) is 5.41 Å². The lowest BCUT2D eigenvalue weighted by Crippen LogP contribution is -2.21. The van der Waals surface area contributed by atoms with Crippen molar-refractivity contribution in [1.29, 1.82) is 0 Å². The standard InChI is InChI=1S/C12H21ClO/c1-2-14-5-3-4-12(9-13)7-10-6-11(10)8-12/h10-11H,2-9H2,1H3. The van der Waals surface area contributed by atoms with Crippen molar-refractivity contribution in [3.05, 3.63) is 0 Å². The predicted molar refractivity (Wildman–Crippen MR) is 59.7 cm³/mol. The van der Waals surface area contributed by atoms with E-state index in [1.54, 1.807) is 0 Å². The Kier molecular flexibility index (Phi) is 3.38. The topological polar surface area (TPSA) is 9.23 Å². The van der Waals surface area contributed by atoms with Gasteiger partial charge in [0.1, 0.15) is 0 Å². The number of ether oxygens (including phenoxy) is 1. The summed E-state index contributed by atoms with van der Waals surface area (Å²) in [6.45, 7) is 3.83. The second-order valence-electron chi connectivity index (χ2n) is 5.10. The van der Waals surface area contributed by atoms with Crippen molar-refractivity contribution in [2.24, 2.45) is 17.3 Å². The smallest absolute Gasteiger partial charge is 0.0466 e. The Balaban J connectivity index is 1.70. The molecule has 1 nitrogen and oxygen atoms in total. The summed E-state index contributed by atoms with van der Waals surface area (Å²) in [5, 5.41) is 0. The van der Waals surface area contributed by atoms with Gasteiger partial charge in [0.2, 0.25) is 0 Å². The van der Waals surface area contributed by atoms with Gasteiger partial charge in [-0.25, -0.2) is 0 Å². The van der Waals surface area contributed by atoms with Gasteiger partial charge in [-0.05, 0) is 56.3 Å². The predicted octanol–water partition coefficient (Wildman–Crippen LogP) is 3.46. The van der Waals surface area contributed by atoms with Gasteiger partial charge in [0.25, 0.3) is 0 Å². The summed E-state index contributed by atoms with van der Waals surface area (Å²) >= 11 is 6.12. The Hall–Kier alpha value is 0.250. The number of halogens is 1. The first kappa shape index (κ1) is 10.8. The Morgan fingerprint density at radius 2 is 2.07 bits per heavy atom. The molecule has 2 aliphatic carbocycles. The van der Waals surface area contributed by atoms with E-state index in [0.717, 1.165) is 30.9 Å². The summed E-state index contributed by atoms with van der Waals surface area (Å²) in [7, 11) is 0. The van der Waals surface area contributed by atoms with Gasteiger partial charge in [-0.1, -0.05) is 0 Å². The summed E-state index contributed by atoms with van der Waals surface area (Å²) in [6.07, 6.45) is 6.76. The van der Waals surface area contributed by atoms with Gasteiger partial charge in [0.05, 0.1) is 0 Å². The van der Waals surface area contributed by atoms with E-state index in [9.17, 15) is 0 Å². The maximum absolute atomic E-state index is 6.12. The molecular formula is C12H21ClO. The quantitative estimate of drug-likeness (QED) is 0.488. The third kappa shape index (κ3) is 2.25. The first-order valence-corrected chi connectivity index (χ1v) is 6.47. The molecule has 0 amide bonds. The van der Waals surface area contributed by atoms with Crippen molar-refractivity contribution in [1.82, 2.24) is 0 Å². The average molecular weight is 217 g/mol. The maximum atomic E-state index is 6.12. The third-order valence-electron chi connectivity index (χ3n) is 3.94. The molecule has 2 rings (SSSR count). The molecule has 0 spiro atoms. The molecule has 2 aliphatic rings. The largest absolute Gasteiger partial charge is 0.382 e. The summed E-state index contributed by atoms with van der Waals surface area (Å²) < 4.78 is 5.38. The van der Waals surface area contributed by atoms with Crippen molar-refractivity contribution < 1.29 is 4.74 Å². The second kappa shape index (κ2) is 4.40. The lowest BCUT2D eigenvalue weighted by molar-refractivity contribution is 0.129. The van der Waals surface area contributed by atoms with Crippen LogP contribution in [0.4, 0.5) is 0 Å². The van der Waals surface area contributed by atoms with Crippen LogP contribution in [0.5, 0.6) is 0 Å². The van der Waals surface area contributed by atoms with E-state index < -0.39 is 0 Å². The molecule has 0 radical (unpaired) electrons. The van der Waals surface area contributed by atoms with Gasteiger partial charge in [0, 0.05) is 19.1 Å². The summed E-state index contributed by atoms with van der Waals surface area (Å²) in [5.74, 6) is 2.95. The molecule has 2 saturated carbocycles. The monoisotopic (exact) mass is 216 g/mol. The molecule has 0 aromatic rings. The summed E-state index contributed by atoms with van der Waals surface area (Å²) in [5.41, 5.74) is 0.492. The van der Waals surface area contributed by atoms with Gasteiger partial charge in [-0.2, -0.15) is 0 Å². The number of hydrogen-bond acceptors (Lipinski definition) is 1. The fourth-order valence-electron chi connectivity index (χ4n) is 3.08. The summed E-state index contributed by atoms with van der Waals surface area (Å²) in [6, 6.07) is 0. The number of alkyl halides is 1. The van der Waals surface area contributed by atoms with Crippen LogP contribution in [0.2, 0.25) is 0 Å². The molecule has 0 heterocycles. The fraction of sp³-hybridized carbons (Fsp3) is 1.00. The zero-order valence-electron chi connectivity index (χ0n) is 9.10. The molecule has 0 saturated heterocycles. The zero-order valence-corrected chi connectivity index (χ0v) is 9.85. The normalized spacial score (nSPS) is 39.9.